The fraction of sp³-hybridized carbons (Fsp3) is 0.308. The minimum atomic E-state index is -3.74. The van der Waals surface area contributed by atoms with Crippen molar-refractivity contribution in [3.8, 4) is 0 Å². The van der Waals surface area contributed by atoms with E-state index in [2.05, 4.69) is 6.58 Å². The predicted octanol–water partition coefficient (Wildman–Crippen LogP) is 2.16. The summed E-state index contributed by atoms with van der Waals surface area (Å²) in [5.74, 6) is -0.488. The third-order valence-corrected chi connectivity index (χ3v) is 3.78. The average Bonchev–Trinajstić information content (AvgIpc) is 2.29. The summed E-state index contributed by atoms with van der Waals surface area (Å²) < 4.78 is 25.7. The number of sulfonamides is 1. The molecular formula is C13H17NO3S. The van der Waals surface area contributed by atoms with Gasteiger partial charge in [-0.2, -0.15) is 0 Å². The van der Waals surface area contributed by atoms with Crippen LogP contribution < -0.4 is 4.72 Å². The molecule has 98 valence electrons. The van der Waals surface area contributed by atoms with Crippen LogP contribution in [0, 0.1) is 6.92 Å². The summed E-state index contributed by atoms with van der Waals surface area (Å²) >= 11 is 0. The van der Waals surface area contributed by atoms with Gasteiger partial charge in [-0.3, -0.25) is 4.79 Å². The summed E-state index contributed by atoms with van der Waals surface area (Å²) in [6.45, 7) is 5.40. The summed E-state index contributed by atoms with van der Waals surface area (Å²) in [4.78, 5) is 11.6. The van der Waals surface area contributed by atoms with Gasteiger partial charge >= 0.3 is 0 Å². The van der Waals surface area contributed by atoms with Crippen molar-refractivity contribution in [1.82, 2.24) is 4.72 Å². The van der Waals surface area contributed by atoms with Crippen molar-refractivity contribution in [2.75, 3.05) is 0 Å². The molecule has 0 heterocycles. The quantitative estimate of drug-likeness (QED) is 0.634. The Hall–Kier alpha value is -1.62. The Kier molecular flexibility index (Phi) is 5.09. The van der Waals surface area contributed by atoms with Crippen LogP contribution in [0.4, 0.5) is 0 Å². The van der Waals surface area contributed by atoms with Crippen molar-refractivity contribution in [2.24, 2.45) is 0 Å². The Morgan fingerprint density at radius 1 is 1.33 bits per heavy atom. The Balaban J connectivity index is 2.67. The Labute approximate surface area is 108 Å². The van der Waals surface area contributed by atoms with Crippen LogP contribution in [0.3, 0.4) is 0 Å². The van der Waals surface area contributed by atoms with E-state index in [1.54, 1.807) is 18.2 Å². The van der Waals surface area contributed by atoms with Gasteiger partial charge in [0, 0.05) is 6.42 Å². The topological polar surface area (TPSA) is 63.2 Å². The highest BCUT2D eigenvalue weighted by Gasteiger charge is 2.16. The number of allylic oxidation sites excluding steroid dienone is 1. The van der Waals surface area contributed by atoms with Crippen LogP contribution in [0.15, 0.2) is 41.8 Å². The summed E-state index contributed by atoms with van der Waals surface area (Å²) in [6.07, 6.45) is 3.16. The number of carbonyl (C=O) groups is 1. The molecular weight excluding hydrogens is 250 g/mol. The molecule has 0 saturated carbocycles. The number of hydrogen-bond acceptors (Lipinski definition) is 3. The van der Waals surface area contributed by atoms with Gasteiger partial charge in [-0.25, -0.2) is 13.1 Å². The molecule has 0 aliphatic heterocycles. The maximum atomic E-state index is 11.8. The van der Waals surface area contributed by atoms with E-state index in [-0.39, 0.29) is 11.3 Å². The maximum Gasteiger partial charge on any atom is 0.264 e. The predicted molar refractivity (Wildman–Crippen MR) is 70.6 cm³/mol. The first-order valence-corrected chi connectivity index (χ1v) is 7.17. The molecule has 1 aromatic rings. The molecule has 0 bridgehead atoms. The third kappa shape index (κ3) is 4.33. The van der Waals surface area contributed by atoms with Crippen LogP contribution >= 0.6 is 0 Å². The van der Waals surface area contributed by atoms with E-state index < -0.39 is 15.9 Å². The molecule has 1 amide bonds. The van der Waals surface area contributed by atoms with E-state index >= 15 is 0 Å². The van der Waals surface area contributed by atoms with E-state index in [4.69, 9.17) is 0 Å². The van der Waals surface area contributed by atoms with E-state index in [1.807, 2.05) is 11.6 Å². The number of amides is 1. The first-order chi connectivity index (χ1) is 8.45. The highest BCUT2D eigenvalue weighted by molar-refractivity contribution is 7.90. The maximum absolute atomic E-state index is 11.8. The highest BCUT2D eigenvalue weighted by atomic mass is 32.2. The van der Waals surface area contributed by atoms with Crippen molar-refractivity contribution in [3.63, 3.8) is 0 Å². The first kappa shape index (κ1) is 14.4. The Morgan fingerprint density at radius 3 is 2.50 bits per heavy atom. The van der Waals surface area contributed by atoms with Crippen LogP contribution in [0.2, 0.25) is 0 Å². The Bertz CT molecular complexity index is 518. The highest BCUT2D eigenvalue weighted by Crippen LogP contribution is 2.10. The lowest BCUT2D eigenvalue weighted by atomic mass is 10.2. The molecule has 1 aromatic carbocycles. The van der Waals surface area contributed by atoms with Gasteiger partial charge in [-0.15, -0.1) is 6.58 Å². The van der Waals surface area contributed by atoms with Crippen molar-refractivity contribution >= 4 is 15.9 Å². The molecule has 0 radical (unpaired) electrons. The molecule has 1 rings (SSSR count). The SMILES string of the molecule is C=CCCCC(=O)NS(=O)(=O)c1ccc(C)cc1. The molecule has 0 saturated heterocycles. The number of carbonyl (C=O) groups excluding carboxylic acids is 1. The fourth-order valence-corrected chi connectivity index (χ4v) is 2.40. The molecule has 0 atom stereocenters. The van der Waals surface area contributed by atoms with Crippen molar-refractivity contribution in [2.45, 2.75) is 31.1 Å². The van der Waals surface area contributed by atoms with Crippen LogP contribution in [-0.4, -0.2) is 14.3 Å². The lowest BCUT2D eigenvalue weighted by Gasteiger charge is -2.06. The molecule has 0 unspecified atom stereocenters. The summed E-state index contributed by atoms with van der Waals surface area (Å²) in [7, 11) is -3.74. The van der Waals surface area contributed by atoms with Gasteiger partial charge in [-0.05, 0) is 31.9 Å². The minimum Gasteiger partial charge on any atom is -0.274 e. The monoisotopic (exact) mass is 267 g/mol. The minimum absolute atomic E-state index is 0.102. The molecule has 0 fully saturated rings. The van der Waals surface area contributed by atoms with Crippen LogP contribution in [0.5, 0.6) is 0 Å². The van der Waals surface area contributed by atoms with Gasteiger partial charge < -0.3 is 0 Å². The summed E-state index contributed by atoms with van der Waals surface area (Å²) in [5.41, 5.74) is 0.964. The largest absolute Gasteiger partial charge is 0.274 e. The van der Waals surface area contributed by atoms with Gasteiger partial charge in [0.1, 0.15) is 0 Å². The zero-order valence-corrected chi connectivity index (χ0v) is 11.2. The van der Waals surface area contributed by atoms with Crippen molar-refractivity contribution < 1.29 is 13.2 Å². The van der Waals surface area contributed by atoms with E-state index in [1.165, 1.54) is 12.1 Å². The standard InChI is InChI=1S/C13H17NO3S/c1-3-4-5-6-13(15)14-18(16,17)12-9-7-11(2)8-10-12/h3,7-10H,1,4-6H2,2H3,(H,14,15). The smallest absolute Gasteiger partial charge is 0.264 e. The average molecular weight is 267 g/mol. The normalized spacial score (nSPS) is 10.9. The third-order valence-electron chi connectivity index (χ3n) is 2.39. The molecule has 4 nitrogen and oxygen atoms in total. The fourth-order valence-electron chi connectivity index (χ4n) is 1.38. The van der Waals surface area contributed by atoms with Gasteiger partial charge in [0.25, 0.3) is 10.0 Å². The number of rotatable bonds is 6. The number of nitrogens with one attached hydrogen (secondary N) is 1. The second-order valence-corrected chi connectivity index (χ2v) is 5.71. The number of benzene rings is 1. The molecule has 0 spiro atoms. The number of hydrogen-bond donors (Lipinski definition) is 1. The van der Waals surface area contributed by atoms with Gasteiger partial charge in [0.2, 0.25) is 5.91 Å². The van der Waals surface area contributed by atoms with Crippen LogP contribution in [0.25, 0.3) is 0 Å². The number of unbranched alkanes of at least 4 members (excludes halogenated alkanes) is 1. The van der Waals surface area contributed by atoms with Crippen molar-refractivity contribution in [1.29, 1.82) is 0 Å². The lowest BCUT2D eigenvalue weighted by molar-refractivity contribution is -0.119. The van der Waals surface area contributed by atoms with Gasteiger partial charge in [0.05, 0.1) is 4.90 Å². The summed E-state index contributed by atoms with van der Waals surface area (Å²) in [6, 6.07) is 6.34. The van der Waals surface area contributed by atoms with E-state index in [0.717, 1.165) is 5.56 Å². The Morgan fingerprint density at radius 2 is 1.94 bits per heavy atom. The lowest BCUT2D eigenvalue weighted by Crippen LogP contribution is -2.30. The molecule has 5 heteroatoms. The first-order valence-electron chi connectivity index (χ1n) is 5.69. The number of aryl methyl sites for hydroxylation is 1. The zero-order chi connectivity index (χ0) is 13.6. The van der Waals surface area contributed by atoms with Crippen LogP contribution in [-0.2, 0) is 14.8 Å². The van der Waals surface area contributed by atoms with Crippen molar-refractivity contribution in [3.05, 3.63) is 42.5 Å². The van der Waals surface area contributed by atoms with Gasteiger partial charge in [-0.1, -0.05) is 23.8 Å². The molecule has 18 heavy (non-hydrogen) atoms. The summed E-state index contributed by atoms with van der Waals surface area (Å²) in [5, 5.41) is 0. The second-order valence-electron chi connectivity index (χ2n) is 4.02. The second kappa shape index (κ2) is 6.35. The molecule has 0 aliphatic carbocycles. The van der Waals surface area contributed by atoms with Crippen LogP contribution in [0.1, 0.15) is 24.8 Å². The van der Waals surface area contributed by atoms with E-state index in [9.17, 15) is 13.2 Å². The molecule has 0 aliphatic rings. The van der Waals surface area contributed by atoms with Gasteiger partial charge in [0.15, 0.2) is 0 Å². The molecule has 0 aromatic heterocycles. The zero-order valence-electron chi connectivity index (χ0n) is 10.3. The molecule has 1 N–H and O–H groups in total. The van der Waals surface area contributed by atoms with E-state index in [0.29, 0.717) is 12.8 Å².